The predicted octanol–water partition coefficient (Wildman–Crippen LogP) is 3.46. The number of hydrogen-bond acceptors (Lipinski definition) is 3. The minimum atomic E-state index is -0.0314. The second kappa shape index (κ2) is 4.10. The maximum Gasteiger partial charge on any atom is 0.110 e. The molecule has 0 saturated heterocycles. The molecule has 1 aromatic heterocycles. The van der Waals surface area contributed by atoms with Crippen LogP contribution >= 0.6 is 11.3 Å². The number of nitriles is 1. The molecule has 0 aliphatic heterocycles. The van der Waals surface area contributed by atoms with Gasteiger partial charge in [-0.05, 0) is 6.42 Å². The molecular formula is C11H16N2S. The average Bonchev–Trinajstić information content (AvgIpc) is 2.54. The molecule has 3 heteroatoms. The molecule has 1 unspecified atom stereocenters. The van der Waals surface area contributed by atoms with Crippen molar-refractivity contribution in [3.8, 4) is 6.07 Å². The van der Waals surface area contributed by atoms with Gasteiger partial charge in [0.25, 0.3) is 0 Å². The van der Waals surface area contributed by atoms with Crippen molar-refractivity contribution in [1.82, 2.24) is 4.98 Å². The third-order valence-corrected chi connectivity index (χ3v) is 3.11. The lowest BCUT2D eigenvalue weighted by Crippen LogP contribution is -2.11. The van der Waals surface area contributed by atoms with Gasteiger partial charge in [0, 0.05) is 10.8 Å². The van der Waals surface area contributed by atoms with E-state index < -0.39 is 0 Å². The third-order valence-electron chi connectivity index (χ3n) is 2.15. The van der Waals surface area contributed by atoms with Crippen molar-refractivity contribution in [3.05, 3.63) is 16.1 Å². The molecule has 1 atom stereocenters. The Labute approximate surface area is 89.6 Å². The molecule has 0 bridgehead atoms. The first-order chi connectivity index (χ1) is 6.49. The zero-order valence-corrected chi connectivity index (χ0v) is 9.98. The maximum absolute atomic E-state index is 8.91. The highest BCUT2D eigenvalue weighted by atomic mass is 32.1. The Morgan fingerprint density at radius 3 is 2.57 bits per heavy atom. The van der Waals surface area contributed by atoms with E-state index in [-0.39, 0.29) is 11.3 Å². The van der Waals surface area contributed by atoms with E-state index >= 15 is 0 Å². The van der Waals surface area contributed by atoms with Crippen LogP contribution in [0.2, 0.25) is 0 Å². The van der Waals surface area contributed by atoms with Crippen LogP contribution in [0.3, 0.4) is 0 Å². The summed E-state index contributed by atoms with van der Waals surface area (Å²) >= 11 is 1.60. The molecule has 0 fully saturated rings. The zero-order chi connectivity index (χ0) is 10.8. The summed E-state index contributed by atoms with van der Waals surface area (Å²) in [5, 5.41) is 11.9. The fourth-order valence-electron chi connectivity index (χ4n) is 1.11. The normalized spacial score (nSPS) is 13.6. The van der Waals surface area contributed by atoms with Crippen molar-refractivity contribution in [2.24, 2.45) is 0 Å². The van der Waals surface area contributed by atoms with Crippen LogP contribution in [0.4, 0.5) is 0 Å². The molecule has 1 rings (SSSR count). The van der Waals surface area contributed by atoms with E-state index in [2.05, 4.69) is 37.2 Å². The molecule has 0 amide bonds. The molecule has 0 saturated carbocycles. The van der Waals surface area contributed by atoms with Crippen LogP contribution in [0.5, 0.6) is 0 Å². The topological polar surface area (TPSA) is 36.7 Å². The fourth-order valence-corrected chi connectivity index (χ4v) is 2.29. The highest BCUT2D eigenvalue weighted by Crippen LogP contribution is 2.28. The zero-order valence-electron chi connectivity index (χ0n) is 9.16. The molecule has 0 aliphatic rings. The van der Waals surface area contributed by atoms with Gasteiger partial charge in [0.15, 0.2) is 0 Å². The second-order valence-electron chi connectivity index (χ2n) is 4.41. The summed E-state index contributed by atoms with van der Waals surface area (Å²) in [6, 6.07) is 2.28. The lowest BCUT2D eigenvalue weighted by molar-refractivity contribution is 0.569. The molecule has 0 radical (unpaired) electrons. The number of nitrogens with zero attached hydrogens (tertiary/aromatic N) is 2. The van der Waals surface area contributed by atoms with Gasteiger partial charge in [-0.25, -0.2) is 4.98 Å². The summed E-state index contributed by atoms with van der Waals surface area (Å²) in [5.74, 6) is -0.0314. The molecule has 2 nitrogen and oxygen atoms in total. The first kappa shape index (κ1) is 11.2. The Bertz CT molecular complexity index is 341. The van der Waals surface area contributed by atoms with Crippen molar-refractivity contribution in [3.63, 3.8) is 0 Å². The van der Waals surface area contributed by atoms with Gasteiger partial charge in [-0.2, -0.15) is 5.26 Å². The van der Waals surface area contributed by atoms with Gasteiger partial charge in [-0.15, -0.1) is 11.3 Å². The van der Waals surface area contributed by atoms with Gasteiger partial charge in [0.05, 0.1) is 17.7 Å². The highest BCUT2D eigenvalue weighted by Gasteiger charge is 2.20. The first-order valence-electron chi connectivity index (χ1n) is 4.84. The Morgan fingerprint density at radius 1 is 1.57 bits per heavy atom. The van der Waals surface area contributed by atoms with E-state index in [9.17, 15) is 0 Å². The smallest absolute Gasteiger partial charge is 0.110 e. The van der Waals surface area contributed by atoms with Crippen LogP contribution in [0.1, 0.15) is 50.7 Å². The largest absolute Gasteiger partial charge is 0.244 e. The van der Waals surface area contributed by atoms with Crippen LogP contribution in [0.15, 0.2) is 5.38 Å². The Kier molecular flexibility index (Phi) is 3.28. The number of hydrogen-bond donors (Lipinski definition) is 0. The SMILES string of the molecule is CCC(C#N)c1nc(C(C)(C)C)cs1. The van der Waals surface area contributed by atoms with Crippen LogP contribution in [0.25, 0.3) is 0 Å². The van der Waals surface area contributed by atoms with Gasteiger partial charge >= 0.3 is 0 Å². The lowest BCUT2D eigenvalue weighted by Gasteiger charge is -2.14. The summed E-state index contributed by atoms with van der Waals surface area (Å²) in [6.45, 7) is 8.43. The highest BCUT2D eigenvalue weighted by molar-refractivity contribution is 7.09. The Balaban J connectivity index is 2.94. The maximum atomic E-state index is 8.91. The van der Waals surface area contributed by atoms with Crippen molar-refractivity contribution in [2.45, 2.75) is 45.4 Å². The van der Waals surface area contributed by atoms with Gasteiger partial charge in [-0.3, -0.25) is 0 Å². The molecule has 1 heterocycles. The van der Waals surface area contributed by atoms with E-state index in [1.165, 1.54) is 0 Å². The quantitative estimate of drug-likeness (QED) is 0.746. The molecule has 0 aliphatic carbocycles. The third kappa shape index (κ3) is 2.33. The summed E-state index contributed by atoms with van der Waals surface area (Å²) < 4.78 is 0. The van der Waals surface area contributed by atoms with E-state index in [1.807, 2.05) is 6.92 Å². The monoisotopic (exact) mass is 208 g/mol. The minimum absolute atomic E-state index is 0.0314. The van der Waals surface area contributed by atoms with Crippen LogP contribution in [-0.4, -0.2) is 4.98 Å². The van der Waals surface area contributed by atoms with E-state index in [4.69, 9.17) is 5.26 Å². The van der Waals surface area contributed by atoms with E-state index in [0.29, 0.717) is 0 Å². The van der Waals surface area contributed by atoms with Gasteiger partial charge in [0.1, 0.15) is 5.01 Å². The van der Waals surface area contributed by atoms with Crippen LogP contribution in [0, 0.1) is 11.3 Å². The lowest BCUT2D eigenvalue weighted by atomic mass is 9.93. The fraction of sp³-hybridized carbons (Fsp3) is 0.636. The van der Waals surface area contributed by atoms with Crippen molar-refractivity contribution < 1.29 is 0 Å². The molecule has 0 N–H and O–H groups in total. The van der Waals surface area contributed by atoms with Crippen molar-refractivity contribution in [2.75, 3.05) is 0 Å². The summed E-state index contributed by atoms with van der Waals surface area (Å²) in [6.07, 6.45) is 0.841. The van der Waals surface area contributed by atoms with Gasteiger partial charge < -0.3 is 0 Å². The number of aromatic nitrogens is 1. The van der Waals surface area contributed by atoms with Crippen LogP contribution in [-0.2, 0) is 5.41 Å². The Hall–Kier alpha value is -0.880. The summed E-state index contributed by atoms with van der Waals surface area (Å²) in [7, 11) is 0. The molecule has 14 heavy (non-hydrogen) atoms. The van der Waals surface area contributed by atoms with Gasteiger partial charge in [-0.1, -0.05) is 27.7 Å². The molecule has 0 aromatic carbocycles. The predicted molar refractivity (Wildman–Crippen MR) is 59.5 cm³/mol. The molecule has 0 spiro atoms. The number of thiazole rings is 1. The van der Waals surface area contributed by atoms with Crippen molar-refractivity contribution >= 4 is 11.3 Å². The molecular weight excluding hydrogens is 192 g/mol. The summed E-state index contributed by atoms with van der Waals surface area (Å²) in [5.41, 5.74) is 1.17. The average molecular weight is 208 g/mol. The van der Waals surface area contributed by atoms with Crippen LogP contribution < -0.4 is 0 Å². The number of rotatable bonds is 2. The van der Waals surface area contributed by atoms with E-state index in [1.54, 1.807) is 11.3 Å². The Morgan fingerprint density at radius 2 is 2.21 bits per heavy atom. The minimum Gasteiger partial charge on any atom is -0.244 e. The van der Waals surface area contributed by atoms with Gasteiger partial charge in [0.2, 0.25) is 0 Å². The second-order valence-corrected chi connectivity index (χ2v) is 5.30. The first-order valence-corrected chi connectivity index (χ1v) is 5.72. The standard InChI is InChI=1S/C11H16N2S/c1-5-8(6-12)10-13-9(7-14-10)11(2,3)4/h7-8H,5H2,1-4H3. The molecule has 1 aromatic rings. The summed E-state index contributed by atoms with van der Waals surface area (Å²) in [4.78, 5) is 4.52. The van der Waals surface area contributed by atoms with E-state index in [0.717, 1.165) is 17.1 Å². The van der Waals surface area contributed by atoms with Crippen molar-refractivity contribution in [1.29, 1.82) is 5.26 Å². The molecule has 76 valence electrons.